The molecular formula is C12H21ClN2S. The van der Waals surface area contributed by atoms with Crippen LogP contribution in [0.3, 0.4) is 0 Å². The molecule has 0 saturated carbocycles. The second-order valence-electron chi connectivity index (χ2n) is 5.04. The lowest BCUT2D eigenvalue weighted by atomic mass is 9.80. The molecule has 1 aromatic rings. The van der Waals surface area contributed by atoms with Crippen molar-refractivity contribution in [3.8, 4) is 0 Å². The average Bonchev–Trinajstić information content (AvgIpc) is 2.50. The number of hydrogen-bond donors (Lipinski definition) is 1. The maximum absolute atomic E-state index is 6.01. The van der Waals surface area contributed by atoms with Crippen molar-refractivity contribution in [3.63, 3.8) is 0 Å². The van der Waals surface area contributed by atoms with E-state index in [0.29, 0.717) is 6.04 Å². The van der Waals surface area contributed by atoms with E-state index in [1.165, 1.54) is 4.88 Å². The van der Waals surface area contributed by atoms with Crippen LogP contribution in [0.15, 0.2) is 12.1 Å². The predicted octanol–water partition coefficient (Wildman–Crippen LogP) is 3.38. The molecule has 0 fully saturated rings. The number of rotatable bonds is 5. The van der Waals surface area contributed by atoms with Crippen LogP contribution >= 0.6 is 22.9 Å². The monoisotopic (exact) mass is 260 g/mol. The van der Waals surface area contributed by atoms with Gasteiger partial charge in [0.05, 0.1) is 4.34 Å². The molecule has 1 unspecified atom stereocenters. The minimum atomic E-state index is 0.159. The Morgan fingerprint density at radius 2 is 2.06 bits per heavy atom. The molecule has 1 aromatic heterocycles. The maximum Gasteiger partial charge on any atom is 0.0931 e. The van der Waals surface area contributed by atoms with Crippen molar-refractivity contribution >= 4 is 22.9 Å². The van der Waals surface area contributed by atoms with E-state index >= 15 is 0 Å². The zero-order valence-corrected chi connectivity index (χ0v) is 12.0. The van der Waals surface area contributed by atoms with Crippen LogP contribution in [0, 0.1) is 5.41 Å². The van der Waals surface area contributed by atoms with Crippen molar-refractivity contribution in [1.82, 2.24) is 4.90 Å². The fourth-order valence-electron chi connectivity index (χ4n) is 2.32. The average molecular weight is 261 g/mol. The van der Waals surface area contributed by atoms with E-state index in [9.17, 15) is 0 Å². The Hall–Kier alpha value is -0.0900. The van der Waals surface area contributed by atoms with Gasteiger partial charge in [0.1, 0.15) is 0 Å². The molecule has 4 heteroatoms. The molecule has 0 bridgehead atoms. The Balaban J connectivity index is 3.00. The van der Waals surface area contributed by atoms with Crippen molar-refractivity contribution in [3.05, 3.63) is 21.3 Å². The lowest BCUT2D eigenvalue weighted by Crippen LogP contribution is -2.34. The van der Waals surface area contributed by atoms with Crippen molar-refractivity contribution in [2.24, 2.45) is 11.1 Å². The fraction of sp³-hybridized carbons (Fsp3) is 0.667. The summed E-state index contributed by atoms with van der Waals surface area (Å²) < 4.78 is 0.852. The van der Waals surface area contributed by atoms with Gasteiger partial charge >= 0.3 is 0 Å². The zero-order chi connectivity index (χ0) is 12.3. The van der Waals surface area contributed by atoms with Gasteiger partial charge in [-0.05, 0) is 44.6 Å². The molecule has 0 spiro atoms. The van der Waals surface area contributed by atoms with Gasteiger partial charge in [-0.25, -0.2) is 0 Å². The molecule has 0 aliphatic heterocycles. The van der Waals surface area contributed by atoms with Crippen LogP contribution in [0.25, 0.3) is 0 Å². The topological polar surface area (TPSA) is 29.3 Å². The molecule has 0 aromatic carbocycles. The Labute approximate surface area is 107 Å². The van der Waals surface area contributed by atoms with Crippen LogP contribution in [0.2, 0.25) is 4.34 Å². The van der Waals surface area contributed by atoms with E-state index in [4.69, 9.17) is 17.3 Å². The Morgan fingerprint density at radius 1 is 1.44 bits per heavy atom. The molecule has 0 radical (unpaired) electrons. The van der Waals surface area contributed by atoms with E-state index in [-0.39, 0.29) is 5.41 Å². The summed E-state index contributed by atoms with van der Waals surface area (Å²) in [6, 6.07) is 4.46. The van der Waals surface area contributed by atoms with Gasteiger partial charge in [-0.2, -0.15) is 0 Å². The lowest BCUT2D eigenvalue weighted by Gasteiger charge is -2.38. The van der Waals surface area contributed by atoms with Gasteiger partial charge in [-0.1, -0.05) is 25.4 Å². The standard InChI is InChI=1S/C12H21ClN2S/c1-12(2,7-8-14)11(15(3)4)9-5-6-10(13)16-9/h5-6,11H,7-8,14H2,1-4H3. The van der Waals surface area contributed by atoms with E-state index in [0.717, 1.165) is 17.3 Å². The van der Waals surface area contributed by atoms with Crippen molar-refractivity contribution in [2.75, 3.05) is 20.6 Å². The minimum Gasteiger partial charge on any atom is -0.330 e. The number of nitrogens with two attached hydrogens (primary N) is 1. The fourth-order valence-corrected chi connectivity index (χ4v) is 3.79. The summed E-state index contributed by atoms with van der Waals surface area (Å²) >= 11 is 7.67. The third-order valence-corrected chi connectivity index (χ3v) is 4.19. The maximum atomic E-state index is 6.01. The van der Waals surface area contributed by atoms with Gasteiger partial charge in [0, 0.05) is 10.9 Å². The zero-order valence-electron chi connectivity index (χ0n) is 10.5. The molecule has 0 amide bonds. The summed E-state index contributed by atoms with van der Waals surface area (Å²) in [7, 11) is 4.22. The van der Waals surface area contributed by atoms with Crippen molar-refractivity contribution in [1.29, 1.82) is 0 Å². The Morgan fingerprint density at radius 3 is 2.44 bits per heavy atom. The Kier molecular flexibility index (Phi) is 4.80. The van der Waals surface area contributed by atoms with Gasteiger partial charge in [0.2, 0.25) is 0 Å². The van der Waals surface area contributed by atoms with E-state index in [1.807, 2.05) is 6.07 Å². The number of halogens is 1. The highest BCUT2D eigenvalue weighted by atomic mass is 35.5. The smallest absolute Gasteiger partial charge is 0.0931 e. The molecule has 0 saturated heterocycles. The highest BCUT2D eigenvalue weighted by molar-refractivity contribution is 7.16. The molecule has 2 N–H and O–H groups in total. The molecule has 0 aliphatic carbocycles. The normalized spacial score (nSPS) is 14.4. The first-order chi connectivity index (χ1) is 7.38. The van der Waals surface area contributed by atoms with Crippen molar-refractivity contribution in [2.45, 2.75) is 26.3 Å². The summed E-state index contributed by atoms with van der Waals surface area (Å²) in [5.41, 5.74) is 5.85. The quantitative estimate of drug-likeness (QED) is 0.880. The van der Waals surface area contributed by atoms with E-state index < -0.39 is 0 Å². The summed E-state index contributed by atoms with van der Waals surface area (Å²) in [5.74, 6) is 0. The van der Waals surface area contributed by atoms with Gasteiger partial charge in [0.15, 0.2) is 0 Å². The molecule has 1 atom stereocenters. The highest BCUT2D eigenvalue weighted by Crippen LogP contribution is 2.42. The van der Waals surface area contributed by atoms with Crippen LogP contribution in [0.1, 0.15) is 31.2 Å². The molecule has 1 rings (SSSR count). The van der Waals surface area contributed by atoms with Crippen molar-refractivity contribution < 1.29 is 0 Å². The first kappa shape index (κ1) is 14.0. The number of thiophene rings is 1. The minimum absolute atomic E-state index is 0.159. The van der Waals surface area contributed by atoms with Gasteiger partial charge in [-0.3, -0.25) is 0 Å². The SMILES string of the molecule is CN(C)C(c1ccc(Cl)s1)C(C)(C)CCN. The summed E-state index contributed by atoms with van der Waals surface area (Å²) in [6.45, 7) is 5.24. The summed E-state index contributed by atoms with van der Waals surface area (Å²) in [4.78, 5) is 3.56. The van der Waals surface area contributed by atoms with E-state index in [2.05, 4.69) is 38.9 Å². The van der Waals surface area contributed by atoms with Crippen LogP contribution < -0.4 is 5.73 Å². The lowest BCUT2D eigenvalue weighted by molar-refractivity contribution is 0.131. The van der Waals surface area contributed by atoms with Crippen LogP contribution in [0.5, 0.6) is 0 Å². The Bertz CT molecular complexity index is 334. The second kappa shape index (κ2) is 5.50. The third kappa shape index (κ3) is 3.20. The number of hydrogen-bond acceptors (Lipinski definition) is 3. The van der Waals surface area contributed by atoms with Crippen LogP contribution in [-0.4, -0.2) is 25.5 Å². The summed E-state index contributed by atoms with van der Waals surface area (Å²) in [5, 5.41) is 0. The number of nitrogens with zero attached hydrogens (tertiary/aromatic N) is 1. The first-order valence-electron chi connectivity index (χ1n) is 5.50. The molecule has 0 aliphatic rings. The highest BCUT2D eigenvalue weighted by Gasteiger charge is 2.32. The van der Waals surface area contributed by atoms with Crippen LogP contribution in [0.4, 0.5) is 0 Å². The first-order valence-corrected chi connectivity index (χ1v) is 6.69. The third-order valence-electron chi connectivity index (χ3n) is 2.91. The van der Waals surface area contributed by atoms with Gasteiger partial charge in [-0.15, -0.1) is 11.3 Å². The van der Waals surface area contributed by atoms with Gasteiger partial charge < -0.3 is 10.6 Å². The molecule has 16 heavy (non-hydrogen) atoms. The second-order valence-corrected chi connectivity index (χ2v) is 6.78. The van der Waals surface area contributed by atoms with Gasteiger partial charge in [0.25, 0.3) is 0 Å². The summed E-state index contributed by atoms with van der Waals surface area (Å²) in [6.07, 6.45) is 1.01. The molecule has 1 heterocycles. The molecule has 2 nitrogen and oxygen atoms in total. The molecular weight excluding hydrogens is 240 g/mol. The van der Waals surface area contributed by atoms with E-state index in [1.54, 1.807) is 11.3 Å². The largest absolute Gasteiger partial charge is 0.330 e. The van der Waals surface area contributed by atoms with Crippen LogP contribution in [-0.2, 0) is 0 Å². The predicted molar refractivity (Wildman–Crippen MR) is 73.2 cm³/mol. The molecule has 92 valence electrons.